The number of rotatable bonds is 2. The predicted octanol–water partition coefficient (Wildman–Crippen LogP) is -6.31. The first-order valence-corrected chi connectivity index (χ1v) is 6.10. The second-order valence-electron chi connectivity index (χ2n) is 4.27. The number of carboxylic acids is 2. The fraction of sp³-hybridized carbons (Fsp3) is 0. The van der Waals surface area contributed by atoms with E-state index in [0.717, 1.165) is 12.1 Å². The van der Waals surface area contributed by atoms with E-state index in [4.69, 9.17) is 5.26 Å². The van der Waals surface area contributed by atoms with Gasteiger partial charge in [-0.2, -0.15) is 5.26 Å². The van der Waals surface area contributed by atoms with E-state index in [1.165, 1.54) is 6.07 Å². The number of carbonyl (C=O) groups excluding carboxylic acids is 2. The summed E-state index contributed by atoms with van der Waals surface area (Å²) in [6, 6.07) is 12.1. The minimum absolute atomic E-state index is 0. The van der Waals surface area contributed by atoms with Gasteiger partial charge in [0, 0.05) is 22.3 Å². The van der Waals surface area contributed by atoms with Crippen molar-refractivity contribution in [1.29, 1.82) is 5.26 Å². The first-order chi connectivity index (χ1) is 10.5. The molecule has 0 radical (unpaired) electrons. The fourth-order valence-electron chi connectivity index (χ4n) is 1.74. The van der Waals surface area contributed by atoms with E-state index in [9.17, 15) is 19.8 Å². The van der Waals surface area contributed by atoms with Crippen LogP contribution in [-0.2, 0) is 0 Å². The number of hydrogen-bond acceptors (Lipinski definition) is 5. The van der Waals surface area contributed by atoms with Crippen LogP contribution in [0, 0.1) is 23.2 Å². The SMILES string of the molecule is N#Cc1ccc(C#Cc2ccc(C(=O)[O-])c(C(=O)[O-])c2)cc1.[Na+].[Na+]. The van der Waals surface area contributed by atoms with Gasteiger partial charge in [0.15, 0.2) is 0 Å². The maximum atomic E-state index is 10.9. The monoisotopic (exact) mass is 335 g/mol. The number of aromatic carboxylic acids is 2. The summed E-state index contributed by atoms with van der Waals surface area (Å²) in [4.78, 5) is 21.8. The topological polar surface area (TPSA) is 104 Å². The largest absolute Gasteiger partial charge is 1.00 e. The molecule has 0 spiro atoms. The molecule has 24 heavy (non-hydrogen) atoms. The summed E-state index contributed by atoms with van der Waals surface area (Å²) in [5.74, 6) is 2.31. The van der Waals surface area contributed by atoms with Crippen molar-refractivity contribution in [2.75, 3.05) is 0 Å². The van der Waals surface area contributed by atoms with Gasteiger partial charge in [-0.25, -0.2) is 0 Å². The van der Waals surface area contributed by atoms with E-state index in [1.54, 1.807) is 24.3 Å². The van der Waals surface area contributed by atoms with Crippen LogP contribution in [-0.4, -0.2) is 11.9 Å². The van der Waals surface area contributed by atoms with Gasteiger partial charge in [0.25, 0.3) is 0 Å². The Kier molecular flexibility index (Phi) is 9.65. The van der Waals surface area contributed by atoms with Gasteiger partial charge < -0.3 is 19.8 Å². The Morgan fingerprint density at radius 1 is 0.750 bits per heavy atom. The summed E-state index contributed by atoms with van der Waals surface area (Å²) >= 11 is 0. The number of carbonyl (C=O) groups is 2. The average Bonchev–Trinajstić information content (AvgIpc) is 2.53. The van der Waals surface area contributed by atoms with Crippen molar-refractivity contribution in [3.8, 4) is 17.9 Å². The third kappa shape index (κ3) is 5.81. The van der Waals surface area contributed by atoms with Crippen LogP contribution in [0.25, 0.3) is 0 Å². The maximum absolute atomic E-state index is 10.9. The Bertz CT molecular complexity index is 859. The van der Waals surface area contributed by atoms with Crippen LogP contribution in [0.1, 0.15) is 37.4 Å². The zero-order chi connectivity index (χ0) is 16.1. The molecule has 0 amide bonds. The van der Waals surface area contributed by atoms with Crippen molar-refractivity contribution in [1.82, 2.24) is 0 Å². The smallest absolute Gasteiger partial charge is 0.545 e. The van der Waals surface area contributed by atoms with Crippen LogP contribution in [0.2, 0.25) is 0 Å². The quantitative estimate of drug-likeness (QED) is 0.401. The fourth-order valence-corrected chi connectivity index (χ4v) is 1.74. The van der Waals surface area contributed by atoms with E-state index in [-0.39, 0.29) is 59.1 Å². The van der Waals surface area contributed by atoms with Gasteiger partial charge in [-0.1, -0.05) is 17.9 Å². The molecule has 0 aliphatic heterocycles. The second kappa shape index (κ2) is 10.3. The molecule has 0 aliphatic carbocycles. The van der Waals surface area contributed by atoms with Crippen molar-refractivity contribution in [3.63, 3.8) is 0 Å². The molecule has 106 valence electrons. The van der Waals surface area contributed by atoms with Gasteiger partial charge in [-0.15, -0.1) is 0 Å². The van der Waals surface area contributed by atoms with Gasteiger partial charge in [-0.05, 0) is 36.4 Å². The molecular formula is C17H7NNa2O4. The molecular weight excluding hydrogens is 328 g/mol. The van der Waals surface area contributed by atoms with Gasteiger partial charge in [0.2, 0.25) is 0 Å². The second-order valence-corrected chi connectivity index (χ2v) is 4.27. The number of carboxylic acid groups (broad SMARTS) is 2. The first kappa shape index (κ1) is 22.4. The zero-order valence-corrected chi connectivity index (χ0v) is 17.1. The molecule has 2 aromatic carbocycles. The van der Waals surface area contributed by atoms with Crippen molar-refractivity contribution < 1.29 is 78.9 Å². The summed E-state index contributed by atoms with van der Waals surface area (Å²) in [6.07, 6.45) is 0. The van der Waals surface area contributed by atoms with E-state index < -0.39 is 23.1 Å². The summed E-state index contributed by atoms with van der Waals surface area (Å²) in [5, 5.41) is 30.4. The van der Waals surface area contributed by atoms with Crippen LogP contribution in [0.4, 0.5) is 0 Å². The van der Waals surface area contributed by atoms with Crippen LogP contribution < -0.4 is 69.3 Å². The summed E-state index contributed by atoms with van der Waals surface area (Å²) < 4.78 is 0. The molecule has 0 saturated carbocycles. The Hall–Kier alpha value is -1.57. The first-order valence-electron chi connectivity index (χ1n) is 6.10. The molecule has 0 unspecified atom stereocenters. The van der Waals surface area contributed by atoms with Crippen molar-refractivity contribution in [2.24, 2.45) is 0 Å². The molecule has 5 nitrogen and oxygen atoms in total. The zero-order valence-electron chi connectivity index (χ0n) is 13.1. The third-order valence-corrected chi connectivity index (χ3v) is 2.82. The van der Waals surface area contributed by atoms with Gasteiger partial charge in [-0.3, -0.25) is 0 Å². The van der Waals surface area contributed by atoms with Crippen LogP contribution in [0.15, 0.2) is 42.5 Å². The van der Waals surface area contributed by atoms with Gasteiger partial charge in [0.05, 0.1) is 23.6 Å². The molecule has 2 rings (SSSR count). The number of nitrogens with zero attached hydrogens (tertiary/aromatic N) is 1. The number of hydrogen-bond donors (Lipinski definition) is 0. The Morgan fingerprint density at radius 2 is 1.21 bits per heavy atom. The van der Waals surface area contributed by atoms with E-state index in [2.05, 4.69) is 11.8 Å². The normalized spacial score (nSPS) is 8.46. The van der Waals surface area contributed by atoms with E-state index in [0.29, 0.717) is 16.7 Å². The molecule has 0 N–H and O–H groups in total. The van der Waals surface area contributed by atoms with Crippen molar-refractivity contribution in [2.45, 2.75) is 0 Å². The molecule has 0 aromatic heterocycles. The number of nitriles is 1. The van der Waals surface area contributed by atoms with Crippen molar-refractivity contribution >= 4 is 11.9 Å². The predicted molar refractivity (Wildman–Crippen MR) is 72.2 cm³/mol. The molecule has 2 aromatic rings. The molecule has 0 aliphatic rings. The molecule has 7 heteroatoms. The minimum Gasteiger partial charge on any atom is -0.545 e. The summed E-state index contributed by atoms with van der Waals surface area (Å²) in [7, 11) is 0. The van der Waals surface area contributed by atoms with Gasteiger partial charge >= 0.3 is 59.1 Å². The molecule has 0 atom stereocenters. The third-order valence-electron chi connectivity index (χ3n) is 2.82. The Morgan fingerprint density at radius 3 is 1.71 bits per heavy atom. The average molecular weight is 335 g/mol. The molecule has 0 fully saturated rings. The Labute approximate surface area is 182 Å². The van der Waals surface area contributed by atoms with E-state index >= 15 is 0 Å². The van der Waals surface area contributed by atoms with Crippen LogP contribution in [0.3, 0.4) is 0 Å². The van der Waals surface area contributed by atoms with Gasteiger partial charge in [0.1, 0.15) is 0 Å². The van der Waals surface area contributed by atoms with Crippen LogP contribution in [0.5, 0.6) is 0 Å². The standard InChI is InChI=1S/C17H9NO4.2Na/c18-10-13-5-2-11(3-6-13)1-4-12-7-8-14(16(19)20)15(9-12)17(21)22;;/h2-3,5-9H,(H,19,20)(H,21,22);;/q;2*+1/p-2. The van der Waals surface area contributed by atoms with Crippen LogP contribution >= 0.6 is 0 Å². The van der Waals surface area contributed by atoms with E-state index in [1.807, 2.05) is 6.07 Å². The molecule has 0 saturated heterocycles. The Balaban J connectivity index is 0.00000264. The summed E-state index contributed by atoms with van der Waals surface area (Å²) in [6.45, 7) is 0. The molecule has 0 bridgehead atoms. The van der Waals surface area contributed by atoms with Crippen molar-refractivity contribution in [3.05, 3.63) is 70.3 Å². The number of benzene rings is 2. The molecule has 0 heterocycles. The maximum Gasteiger partial charge on any atom is 1.00 e. The minimum atomic E-state index is -1.61. The summed E-state index contributed by atoms with van der Waals surface area (Å²) in [5.41, 5.74) is 0.533.